The van der Waals surface area contributed by atoms with Crippen molar-refractivity contribution in [1.82, 2.24) is 0 Å². The number of anilines is 1. The monoisotopic (exact) mass is 398 g/mol. The minimum absolute atomic E-state index is 0.194. The summed E-state index contributed by atoms with van der Waals surface area (Å²) < 4.78 is 16.5. The predicted molar refractivity (Wildman–Crippen MR) is 112 cm³/mol. The lowest BCUT2D eigenvalue weighted by atomic mass is 10.2. The first-order chi connectivity index (χ1) is 14.0. The molecule has 0 aliphatic rings. The first-order valence-electron chi connectivity index (χ1n) is 9.41. The molecule has 0 atom stereocenters. The van der Waals surface area contributed by atoms with Gasteiger partial charge in [-0.2, -0.15) is 0 Å². The summed E-state index contributed by atoms with van der Waals surface area (Å²) in [7, 11) is 0. The van der Waals surface area contributed by atoms with E-state index in [-0.39, 0.29) is 12.5 Å². The van der Waals surface area contributed by atoms with E-state index >= 15 is 0 Å². The summed E-state index contributed by atoms with van der Waals surface area (Å²) in [6, 6.07) is 12.2. The van der Waals surface area contributed by atoms with Crippen LogP contribution in [0.15, 0.2) is 48.5 Å². The summed E-state index contributed by atoms with van der Waals surface area (Å²) in [5, 5.41) is 2.75. The maximum atomic E-state index is 12.2. The van der Waals surface area contributed by atoms with Crippen LogP contribution < -0.4 is 25.3 Å². The number of hydrogen-bond acceptors (Lipinski definition) is 5. The van der Waals surface area contributed by atoms with Gasteiger partial charge in [-0.3, -0.25) is 9.59 Å². The molecule has 0 bridgehead atoms. The highest BCUT2D eigenvalue weighted by Crippen LogP contribution is 2.29. The van der Waals surface area contributed by atoms with E-state index in [1.807, 2.05) is 32.0 Å². The molecule has 29 heavy (non-hydrogen) atoms. The number of ether oxygens (including phenoxy) is 3. The van der Waals surface area contributed by atoms with E-state index in [1.165, 1.54) is 6.08 Å². The Morgan fingerprint density at radius 2 is 1.76 bits per heavy atom. The highest BCUT2D eigenvalue weighted by atomic mass is 16.5. The standard InChI is InChI=1S/C22H26N2O5/c1-3-13-28-19-11-5-16(14-20(19)27-4-2)6-12-22(26)24-17-7-9-18(10-8-17)29-15-21(23)25/h5-12,14H,3-4,13,15H2,1-2H3,(H2,23,25)(H,24,26)/b12-6+. The molecule has 0 aromatic heterocycles. The second kappa shape index (κ2) is 11.4. The van der Waals surface area contributed by atoms with E-state index < -0.39 is 5.91 Å². The van der Waals surface area contributed by atoms with Crippen LogP contribution in [-0.4, -0.2) is 31.6 Å². The zero-order chi connectivity index (χ0) is 21.1. The summed E-state index contributed by atoms with van der Waals surface area (Å²) in [5.41, 5.74) is 6.45. The fourth-order valence-electron chi connectivity index (χ4n) is 2.37. The van der Waals surface area contributed by atoms with Gasteiger partial charge in [-0.25, -0.2) is 0 Å². The molecule has 0 aliphatic heterocycles. The third-order valence-electron chi connectivity index (χ3n) is 3.66. The first-order valence-corrected chi connectivity index (χ1v) is 9.41. The maximum absolute atomic E-state index is 12.2. The average molecular weight is 398 g/mol. The van der Waals surface area contributed by atoms with Crippen LogP contribution in [0.5, 0.6) is 17.2 Å². The fourth-order valence-corrected chi connectivity index (χ4v) is 2.37. The van der Waals surface area contributed by atoms with Crippen LogP contribution in [0.1, 0.15) is 25.8 Å². The number of amides is 2. The van der Waals surface area contributed by atoms with Crippen molar-refractivity contribution in [2.75, 3.05) is 25.1 Å². The molecule has 0 fully saturated rings. The topological polar surface area (TPSA) is 99.9 Å². The zero-order valence-electron chi connectivity index (χ0n) is 16.6. The number of carbonyl (C=O) groups is 2. The number of carbonyl (C=O) groups excluding carboxylic acids is 2. The number of rotatable bonds is 11. The van der Waals surface area contributed by atoms with Crippen molar-refractivity contribution < 1.29 is 23.8 Å². The molecule has 3 N–H and O–H groups in total. The SMILES string of the molecule is CCCOc1ccc(/C=C/C(=O)Nc2ccc(OCC(N)=O)cc2)cc1OCC. The molecule has 0 saturated heterocycles. The van der Waals surface area contributed by atoms with Crippen molar-refractivity contribution in [2.24, 2.45) is 5.73 Å². The van der Waals surface area contributed by atoms with E-state index in [1.54, 1.807) is 30.3 Å². The minimum atomic E-state index is -0.551. The third-order valence-corrected chi connectivity index (χ3v) is 3.66. The van der Waals surface area contributed by atoms with E-state index in [0.717, 1.165) is 12.0 Å². The fraction of sp³-hybridized carbons (Fsp3) is 0.273. The molecule has 0 saturated carbocycles. The van der Waals surface area contributed by atoms with Crippen LogP contribution in [0.3, 0.4) is 0 Å². The molecule has 2 aromatic carbocycles. The zero-order valence-corrected chi connectivity index (χ0v) is 16.6. The molecule has 2 rings (SSSR count). The molecule has 0 radical (unpaired) electrons. The molecule has 0 heterocycles. The first kappa shape index (κ1) is 21.8. The van der Waals surface area contributed by atoms with Gasteiger partial charge in [0.2, 0.25) is 5.91 Å². The Hall–Kier alpha value is -3.48. The van der Waals surface area contributed by atoms with E-state index in [0.29, 0.717) is 36.1 Å². The number of benzene rings is 2. The predicted octanol–water partition coefficient (Wildman–Crippen LogP) is 3.39. The van der Waals surface area contributed by atoms with Crippen molar-refractivity contribution in [3.63, 3.8) is 0 Å². The second-order valence-corrected chi connectivity index (χ2v) is 6.09. The van der Waals surface area contributed by atoms with Gasteiger partial charge >= 0.3 is 0 Å². The molecule has 154 valence electrons. The number of nitrogens with two attached hydrogens (primary N) is 1. The molecule has 2 aromatic rings. The summed E-state index contributed by atoms with van der Waals surface area (Å²) >= 11 is 0. The molecule has 0 unspecified atom stereocenters. The third kappa shape index (κ3) is 7.57. The molecule has 7 nitrogen and oxygen atoms in total. The van der Waals surface area contributed by atoms with Gasteiger partial charge in [0, 0.05) is 11.8 Å². The van der Waals surface area contributed by atoms with Crippen LogP contribution in [0.4, 0.5) is 5.69 Å². The minimum Gasteiger partial charge on any atom is -0.490 e. The number of nitrogens with one attached hydrogen (secondary N) is 1. The van der Waals surface area contributed by atoms with E-state index in [4.69, 9.17) is 19.9 Å². The van der Waals surface area contributed by atoms with Gasteiger partial charge in [0.25, 0.3) is 5.91 Å². The molecule has 0 aliphatic carbocycles. The van der Waals surface area contributed by atoms with Crippen LogP contribution in [0.25, 0.3) is 6.08 Å². The van der Waals surface area contributed by atoms with E-state index in [9.17, 15) is 9.59 Å². The van der Waals surface area contributed by atoms with Crippen molar-refractivity contribution >= 4 is 23.6 Å². The van der Waals surface area contributed by atoms with Crippen LogP contribution in [0.2, 0.25) is 0 Å². The van der Waals surface area contributed by atoms with Gasteiger partial charge in [0.15, 0.2) is 18.1 Å². The normalized spacial score (nSPS) is 10.6. The Morgan fingerprint density at radius 1 is 1.00 bits per heavy atom. The lowest BCUT2D eigenvalue weighted by Crippen LogP contribution is -2.20. The maximum Gasteiger partial charge on any atom is 0.255 e. The Morgan fingerprint density at radius 3 is 2.41 bits per heavy atom. The van der Waals surface area contributed by atoms with Gasteiger partial charge in [0.05, 0.1) is 13.2 Å². The van der Waals surface area contributed by atoms with Crippen molar-refractivity contribution in [3.8, 4) is 17.2 Å². The summed E-state index contributed by atoms with van der Waals surface area (Å²) in [4.78, 5) is 22.9. The van der Waals surface area contributed by atoms with Crippen molar-refractivity contribution in [1.29, 1.82) is 0 Å². The van der Waals surface area contributed by atoms with Crippen LogP contribution in [-0.2, 0) is 9.59 Å². The van der Waals surface area contributed by atoms with Crippen molar-refractivity contribution in [2.45, 2.75) is 20.3 Å². The summed E-state index contributed by atoms with van der Waals surface area (Å²) in [5.74, 6) is 1.00. The number of hydrogen-bond donors (Lipinski definition) is 2. The van der Waals surface area contributed by atoms with Crippen molar-refractivity contribution in [3.05, 3.63) is 54.1 Å². The van der Waals surface area contributed by atoms with Gasteiger partial charge < -0.3 is 25.3 Å². The van der Waals surface area contributed by atoms with Crippen LogP contribution >= 0.6 is 0 Å². The summed E-state index contributed by atoms with van der Waals surface area (Å²) in [6.07, 6.45) is 4.05. The lowest BCUT2D eigenvalue weighted by Gasteiger charge is -2.12. The molecular weight excluding hydrogens is 372 g/mol. The highest BCUT2D eigenvalue weighted by Gasteiger charge is 2.06. The second-order valence-electron chi connectivity index (χ2n) is 6.09. The molecular formula is C22H26N2O5. The smallest absolute Gasteiger partial charge is 0.255 e. The highest BCUT2D eigenvalue weighted by molar-refractivity contribution is 6.02. The van der Waals surface area contributed by atoms with E-state index in [2.05, 4.69) is 5.32 Å². The van der Waals surface area contributed by atoms with Gasteiger partial charge in [0.1, 0.15) is 5.75 Å². The average Bonchev–Trinajstić information content (AvgIpc) is 2.71. The Bertz CT molecular complexity index is 847. The molecule has 2 amide bonds. The Kier molecular flexibility index (Phi) is 8.56. The van der Waals surface area contributed by atoms with Crippen LogP contribution in [0, 0.1) is 0 Å². The van der Waals surface area contributed by atoms with Gasteiger partial charge in [-0.1, -0.05) is 13.0 Å². The Labute approximate surface area is 170 Å². The molecule has 0 spiro atoms. The lowest BCUT2D eigenvalue weighted by molar-refractivity contribution is -0.120. The Balaban J connectivity index is 1.97. The quantitative estimate of drug-likeness (QED) is 0.565. The molecule has 7 heteroatoms. The van der Waals surface area contributed by atoms with Gasteiger partial charge in [-0.15, -0.1) is 0 Å². The summed E-state index contributed by atoms with van der Waals surface area (Å²) in [6.45, 7) is 4.89. The number of primary amides is 1. The largest absolute Gasteiger partial charge is 0.490 e. The van der Waals surface area contributed by atoms with Gasteiger partial charge in [-0.05, 0) is 61.4 Å².